The number of fused-ring (bicyclic) bond motifs is 1. The summed E-state index contributed by atoms with van der Waals surface area (Å²) in [7, 11) is 3.30. The largest absolute Gasteiger partial charge is 0.497 e. The van der Waals surface area contributed by atoms with Gasteiger partial charge < -0.3 is 45.1 Å². The second kappa shape index (κ2) is 18.7. The number of nitrogens with one attached hydrogen (secondary N) is 3. The van der Waals surface area contributed by atoms with Crippen LogP contribution in [-0.2, 0) is 4.74 Å². The van der Waals surface area contributed by atoms with Gasteiger partial charge >= 0.3 is 12.1 Å². The van der Waals surface area contributed by atoms with Crippen LogP contribution in [-0.4, -0.2) is 97.6 Å². The van der Waals surface area contributed by atoms with E-state index in [-0.39, 0.29) is 55.3 Å². The summed E-state index contributed by atoms with van der Waals surface area (Å²) < 4.78 is 17.9. The van der Waals surface area contributed by atoms with Crippen molar-refractivity contribution in [3.05, 3.63) is 48.0 Å². The lowest BCUT2D eigenvalue weighted by atomic mass is 9.96. The van der Waals surface area contributed by atoms with Gasteiger partial charge in [-0.25, -0.2) is 9.59 Å². The molecule has 49 heavy (non-hydrogen) atoms. The summed E-state index contributed by atoms with van der Waals surface area (Å²) in [6, 6.07) is 11.3. The Morgan fingerprint density at radius 3 is 2.39 bits per heavy atom. The van der Waals surface area contributed by atoms with Crippen LogP contribution < -0.4 is 25.4 Å². The lowest BCUT2D eigenvalue weighted by Crippen LogP contribution is -2.48. The number of anilines is 2. The molecule has 1 heterocycles. The molecule has 1 fully saturated rings. The topological polar surface area (TPSA) is 142 Å². The van der Waals surface area contributed by atoms with Crippen LogP contribution in [0.3, 0.4) is 0 Å². The molecule has 0 aromatic heterocycles. The minimum Gasteiger partial charge on any atom is -0.497 e. The third-order valence-electron chi connectivity index (χ3n) is 9.39. The quantitative estimate of drug-likeness (QED) is 0.264. The van der Waals surface area contributed by atoms with Crippen molar-refractivity contribution < 1.29 is 33.7 Å². The van der Waals surface area contributed by atoms with E-state index in [0.29, 0.717) is 41.6 Å². The van der Waals surface area contributed by atoms with Crippen molar-refractivity contribution in [2.24, 2.45) is 5.92 Å². The summed E-state index contributed by atoms with van der Waals surface area (Å²) in [4.78, 5) is 43.6. The number of benzene rings is 2. The Morgan fingerprint density at radius 1 is 1.00 bits per heavy atom. The van der Waals surface area contributed by atoms with Gasteiger partial charge in [-0.1, -0.05) is 26.2 Å². The first-order chi connectivity index (χ1) is 23.6. The van der Waals surface area contributed by atoms with Crippen LogP contribution in [0.25, 0.3) is 0 Å². The third-order valence-corrected chi connectivity index (χ3v) is 9.39. The number of amides is 5. The standard InChI is InChI=1S/C37H55N5O7/c1-25-22-42(26(2)24-43)35(44)32-21-30(39-36(45)38-28-12-7-6-8-13-28)16-19-33(32)49-27(3)11-9-10-20-48-34(25)23-41(4)37(46)40-29-14-17-31(47-5)18-15-29/h14-19,21,25-28,34,43H,6-13,20,22-24H2,1-5H3,(H,40,46)(H2,38,39,45)/t25-,26+,27-,34-/m1/s1. The van der Waals surface area contributed by atoms with E-state index in [1.54, 1.807) is 73.3 Å². The Balaban J connectivity index is 1.54. The van der Waals surface area contributed by atoms with Gasteiger partial charge in [-0.15, -0.1) is 0 Å². The second-order valence-electron chi connectivity index (χ2n) is 13.5. The fourth-order valence-corrected chi connectivity index (χ4v) is 6.31. The van der Waals surface area contributed by atoms with Crippen molar-refractivity contribution in [2.75, 3.05) is 51.1 Å². The number of ether oxygens (including phenoxy) is 3. The molecule has 4 rings (SSSR count). The van der Waals surface area contributed by atoms with Crippen LogP contribution >= 0.6 is 0 Å². The summed E-state index contributed by atoms with van der Waals surface area (Å²) in [5, 5.41) is 19.1. The fraction of sp³-hybridized carbons (Fsp3) is 0.595. The average molecular weight is 682 g/mol. The first-order valence-corrected chi connectivity index (χ1v) is 17.7. The second-order valence-corrected chi connectivity index (χ2v) is 13.5. The number of carbonyl (C=O) groups is 3. The highest BCUT2D eigenvalue weighted by molar-refractivity contribution is 5.99. The van der Waals surface area contributed by atoms with Gasteiger partial charge in [0, 0.05) is 50.1 Å². The number of methoxy groups -OCH3 is 1. The van der Waals surface area contributed by atoms with E-state index in [0.717, 1.165) is 44.9 Å². The molecule has 1 saturated carbocycles. The predicted molar refractivity (Wildman–Crippen MR) is 191 cm³/mol. The van der Waals surface area contributed by atoms with Crippen molar-refractivity contribution in [1.82, 2.24) is 15.1 Å². The fourth-order valence-electron chi connectivity index (χ4n) is 6.31. The van der Waals surface area contributed by atoms with E-state index >= 15 is 0 Å². The van der Waals surface area contributed by atoms with Gasteiger partial charge in [0.05, 0.1) is 37.5 Å². The van der Waals surface area contributed by atoms with E-state index in [1.165, 1.54) is 6.42 Å². The van der Waals surface area contributed by atoms with Crippen LogP contribution in [0.4, 0.5) is 21.0 Å². The zero-order chi connectivity index (χ0) is 35.3. The van der Waals surface area contributed by atoms with Gasteiger partial charge in [0.2, 0.25) is 0 Å². The molecule has 2 aliphatic rings. The predicted octanol–water partition coefficient (Wildman–Crippen LogP) is 6.11. The molecular formula is C37H55N5O7. The van der Waals surface area contributed by atoms with Crippen molar-refractivity contribution in [3.63, 3.8) is 0 Å². The number of nitrogens with zero attached hydrogens (tertiary/aromatic N) is 2. The van der Waals surface area contributed by atoms with Gasteiger partial charge in [0.1, 0.15) is 11.5 Å². The minimum atomic E-state index is -0.518. The number of carbonyl (C=O) groups excluding carboxylic acids is 3. The lowest BCUT2D eigenvalue weighted by Gasteiger charge is -2.35. The number of rotatable bonds is 8. The smallest absolute Gasteiger partial charge is 0.321 e. The number of hydrogen-bond acceptors (Lipinski definition) is 7. The minimum absolute atomic E-state index is 0.141. The van der Waals surface area contributed by atoms with E-state index in [9.17, 15) is 19.5 Å². The molecule has 0 radical (unpaired) electrons. The average Bonchev–Trinajstić information content (AvgIpc) is 3.10. The molecule has 2 aromatic rings. The highest BCUT2D eigenvalue weighted by atomic mass is 16.5. The molecule has 12 heteroatoms. The summed E-state index contributed by atoms with van der Waals surface area (Å²) in [5.41, 5.74) is 1.43. The van der Waals surface area contributed by atoms with E-state index in [1.807, 2.05) is 13.8 Å². The van der Waals surface area contributed by atoms with Gasteiger partial charge in [-0.3, -0.25) is 4.79 Å². The molecule has 0 unspecified atom stereocenters. The SMILES string of the molecule is COc1ccc(NC(=O)N(C)C[C@H]2OCCCC[C@@H](C)Oc3ccc(NC(=O)NC4CCCCC4)cc3C(=O)N([C@@H](C)CO)C[C@H]2C)cc1. The lowest BCUT2D eigenvalue weighted by molar-refractivity contribution is -0.0115. The molecule has 0 spiro atoms. The Labute approximate surface area is 290 Å². The summed E-state index contributed by atoms with van der Waals surface area (Å²) >= 11 is 0. The van der Waals surface area contributed by atoms with E-state index < -0.39 is 6.04 Å². The van der Waals surface area contributed by atoms with Gasteiger partial charge in [0.15, 0.2) is 0 Å². The Kier molecular flexibility index (Phi) is 14.4. The Hall–Kier alpha value is -4.03. The van der Waals surface area contributed by atoms with Crippen LogP contribution in [0.5, 0.6) is 11.5 Å². The number of urea groups is 2. The molecule has 4 N–H and O–H groups in total. The number of aliphatic hydroxyl groups excluding tert-OH is 1. The molecule has 4 atom stereocenters. The van der Waals surface area contributed by atoms with E-state index in [4.69, 9.17) is 14.2 Å². The molecule has 1 aliphatic heterocycles. The number of likely N-dealkylation sites (N-methyl/N-ethyl adjacent to an activating group) is 1. The van der Waals surface area contributed by atoms with Crippen LogP contribution in [0, 0.1) is 5.92 Å². The van der Waals surface area contributed by atoms with Crippen molar-refractivity contribution in [3.8, 4) is 11.5 Å². The van der Waals surface area contributed by atoms with Crippen LogP contribution in [0.2, 0.25) is 0 Å². The van der Waals surface area contributed by atoms with Crippen LogP contribution in [0.1, 0.15) is 82.5 Å². The highest BCUT2D eigenvalue weighted by Crippen LogP contribution is 2.29. The maximum atomic E-state index is 14.4. The van der Waals surface area contributed by atoms with Gasteiger partial charge in [-0.2, -0.15) is 0 Å². The molecule has 2 aromatic carbocycles. The van der Waals surface area contributed by atoms with Crippen molar-refractivity contribution in [2.45, 2.75) is 96.4 Å². The van der Waals surface area contributed by atoms with Crippen molar-refractivity contribution >= 4 is 29.3 Å². The molecule has 0 saturated heterocycles. The first kappa shape index (κ1) is 37.8. The molecular weight excluding hydrogens is 626 g/mol. The molecule has 1 aliphatic carbocycles. The summed E-state index contributed by atoms with van der Waals surface area (Å²) in [6.45, 7) is 6.55. The first-order valence-electron chi connectivity index (χ1n) is 17.7. The maximum absolute atomic E-state index is 14.4. The summed E-state index contributed by atoms with van der Waals surface area (Å²) in [5.74, 6) is 0.593. The van der Waals surface area contributed by atoms with Crippen LogP contribution in [0.15, 0.2) is 42.5 Å². The zero-order valence-corrected chi connectivity index (χ0v) is 29.7. The Bertz CT molecular complexity index is 1370. The third kappa shape index (κ3) is 11.3. The number of hydrogen-bond donors (Lipinski definition) is 4. The van der Waals surface area contributed by atoms with E-state index in [2.05, 4.69) is 16.0 Å². The van der Waals surface area contributed by atoms with Gasteiger partial charge in [0.25, 0.3) is 5.91 Å². The monoisotopic (exact) mass is 681 g/mol. The van der Waals surface area contributed by atoms with Gasteiger partial charge in [-0.05, 0) is 88.4 Å². The Morgan fingerprint density at radius 2 is 1.69 bits per heavy atom. The molecule has 5 amide bonds. The molecule has 12 nitrogen and oxygen atoms in total. The molecule has 0 bridgehead atoms. The maximum Gasteiger partial charge on any atom is 0.321 e. The zero-order valence-electron chi connectivity index (χ0n) is 29.7. The normalized spacial score (nSPS) is 21.7. The summed E-state index contributed by atoms with van der Waals surface area (Å²) in [6.07, 6.45) is 7.17. The van der Waals surface area contributed by atoms with Crippen molar-refractivity contribution in [1.29, 1.82) is 0 Å². The molecule has 270 valence electrons. The highest BCUT2D eigenvalue weighted by Gasteiger charge is 2.31. The number of aliphatic hydroxyl groups is 1.